The number of rotatable bonds is 44. The van der Waals surface area contributed by atoms with Crippen LogP contribution in [0.4, 0.5) is 5.82 Å². The molecule has 1 saturated heterocycles. The number of anilines is 1. The van der Waals surface area contributed by atoms with E-state index in [1.54, 1.807) is 0 Å². The highest BCUT2D eigenvalue weighted by atomic mass is 32.2. The normalized spacial score (nSPS) is 19.3. The fraction of sp³-hybridized carbons (Fsp3) is 0.812. The van der Waals surface area contributed by atoms with Crippen molar-refractivity contribution in [3.8, 4) is 0 Å². The van der Waals surface area contributed by atoms with Gasteiger partial charge in [0, 0.05) is 30.7 Å². The molecule has 26 nitrogen and oxygen atoms in total. The smallest absolute Gasteiger partial charge is 0.274 e. The van der Waals surface area contributed by atoms with E-state index < -0.39 is 102 Å². The highest BCUT2D eigenvalue weighted by Gasteiger charge is 2.47. The van der Waals surface area contributed by atoms with E-state index in [4.69, 9.17) is 10.5 Å². The van der Waals surface area contributed by atoms with E-state index in [2.05, 4.69) is 50.4 Å². The zero-order chi connectivity index (χ0) is 57.8. The number of hydrogen-bond donors (Lipinski definition) is 5. The molecule has 2 aromatic heterocycles. The van der Waals surface area contributed by atoms with Gasteiger partial charge in [0.15, 0.2) is 22.8 Å². The van der Waals surface area contributed by atoms with Gasteiger partial charge < -0.3 is 78.9 Å². The number of nitrogens with two attached hydrogens (primary N) is 1. The van der Waals surface area contributed by atoms with Gasteiger partial charge in [0.2, 0.25) is 11.8 Å². The van der Waals surface area contributed by atoms with Gasteiger partial charge in [-0.15, -0.1) is 0 Å². The fourth-order valence-corrected chi connectivity index (χ4v) is 12.2. The summed E-state index contributed by atoms with van der Waals surface area (Å²) in [5, 5.41) is 37.5. The molecule has 1 fully saturated rings. The van der Waals surface area contributed by atoms with Gasteiger partial charge in [-0.3, -0.25) is 28.1 Å². The predicted molar refractivity (Wildman–Crippen MR) is 279 cm³/mol. The molecule has 3 rings (SSSR count). The van der Waals surface area contributed by atoms with Crippen LogP contribution in [0, 0.1) is 11.3 Å². The Morgan fingerprint density at radius 1 is 0.795 bits per heavy atom. The summed E-state index contributed by atoms with van der Waals surface area (Å²) in [7, 11) is -17.7. The van der Waals surface area contributed by atoms with Crippen LogP contribution in [0.1, 0.15) is 181 Å². The molecule has 0 spiro atoms. The number of aliphatic hydroxyl groups excluding tert-OH is 2. The fourth-order valence-electron chi connectivity index (χ4n) is 8.65. The maximum Gasteiger partial charge on any atom is 0.274 e. The van der Waals surface area contributed by atoms with Gasteiger partial charge in [0.05, 0.1) is 39.3 Å². The number of thioether (sulfide) groups is 1. The second-order valence-electron chi connectivity index (χ2n) is 20.2. The van der Waals surface area contributed by atoms with Gasteiger partial charge in [-0.2, -0.15) is 0 Å². The van der Waals surface area contributed by atoms with Crippen molar-refractivity contribution in [1.82, 2.24) is 30.2 Å². The minimum Gasteiger partial charge on any atom is -0.790 e. The van der Waals surface area contributed by atoms with Crippen LogP contribution >= 0.6 is 35.2 Å². The van der Waals surface area contributed by atoms with E-state index in [1.807, 2.05) is 0 Å². The van der Waals surface area contributed by atoms with E-state index in [0.717, 1.165) is 54.7 Å². The van der Waals surface area contributed by atoms with Crippen LogP contribution in [0.5, 0.6) is 0 Å². The molecule has 0 radical (unpaired) electrons. The molecule has 1 aliphatic rings. The number of aliphatic hydroxyl groups is 2. The number of phosphoric ester groups is 3. The highest BCUT2D eigenvalue weighted by molar-refractivity contribution is 8.13. The molecule has 8 atom stereocenters. The molecule has 0 bridgehead atoms. The number of nitrogens with one attached hydrogen (secondary N) is 2. The van der Waals surface area contributed by atoms with Crippen molar-refractivity contribution in [3.63, 3.8) is 0 Å². The molecule has 30 heteroatoms. The summed E-state index contributed by atoms with van der Waals surface area (Å²) in [4.78, 5) is 109. The maximum atomic E-state index is 12.7. The zero-order valence-electron chi connectivity index (χ0n) is 45.1. The number of carboxylic acid groups (broad SMARTS) is 1. The van der Waals surface area contributed by atoms with Gasteiger partial charge in [-0.25, -0.2) is 19.3 Å². The number of amides is 2. The summed E-state index contributed by atoms with van der Waals surface area (Å²) < 4.78 is 60.9. The van der Waals surface area contributed by atoms with Crippen molar-refractivity contribution < 1.29 is 90.4 Å². The topological polar surface area (TPSA) is 415 Å². The number of unbranched alkanes of at least 4 members (excludes halogenated alkanes) is 21. The van der Waals surface area contributed by atoms with E-state index in [9.17, 15) is 67.8 Å². The molecule has 2 aromatic rings. The summed E-state index contributed by atoms with van der Waals surface area (Å²) in [6.07, 6.45) is 19.6. The van der Waals surface area contributed by atoms with Crippen molar-refractivity contribution in [3.05, 3.63) is 12.7 Å². The van der Waals surface area contributed by atoms with Crippen molar-refractivity contribution in [2.24, 2.45) is 11.3 Å². The third-order valence-electron chi connectivity index (χ3n) is 13.1. The molecule has 448 valence electrons. The Hall–Kier alpha value is -2.97. The monoisotopic (exact) mass is 1180 g/mol. The molecule has 3 heterocycles. The maximum absolute atomic E-state index is 12.7. The number of nitrogen functional groups attached to an aromatic ring is 1. The van der Waals surface area contributed by atoms with Crippen molar-refractivity contribution in [2.45, 2.75) is 206 Å². The number of phosphoric acid groups is 3. The second-order valence-corrected chi connectivity index (χ2v) is 25.4. The van der Waals surface area contributed by atoms with Crippen molar-refractivity contribution >= 4 is 75.1 Å². The number of fused-ring (bicyclic) bond motifs is 1. The Morgan fingerprint density at radius 3 is 1.85 bits per heavy atom. The van der Waals surface area contributed by atoms with Crippen LogP contribution in [-0.2, 0) is 55.5 Å². The third-order valence-corrected chi connectivity index (χ3v) is 17.1. The lowest BCUT2D eigenvalue weighted by atomic mass is 9.87. The molecule has 0 saturated carbocycles. The van der Waals surface area contributed by atoms with Crippen LogP contribution in [-0.4, -0.2) is 109 Å². The predicted octanol–water partition coefficient (Wildman–Crippen LogP) is 3.50. The Morgan fingerprint density at radius 2 is 1.32 bits per heavy atom. The zero-order valence-corrected chi connectivity index (χ0v) is 48.6. The first-order valence-corrected chi connectivity index (χ1v) is 32.4. The second kappa shape index (κ2) is 35.8. The first kappa shape index (κ1) is 69.3. The van der Waals surface area contributed by atoms with Crippen LogP contribution < -0.4 is 41.0 Å². The summed E-state index contributed by atoms with van der Waals surface area (Å²) in [6, 6.07) is 0. The summed E-state index contributed by atoms with van der Waals surface area (Å²) in [6.45, 7) is 2.00. The molecular formula is C48H81N7O19P3S-5. The molecular weight excluding hydrogens is 1100 g/mol. The van der Waals surface area contributed by atoms with E-state index in [0.29, 0.717) is 6.42 Å². The summed E-state index contributed by atoms with van der Waals surface area (Å²) >= 11 is 0.766. The Kier molecular flexibility index (Phi) is 31.8. The van der Waals surface area contributed by atoms with Gasteiger partial charge in [-0.05, 0) is 6.42 Å². The average Bonchev–Trinajstić information content (AvgIpc) is 3.96. The Balaban J connectivity index is 1.25. The number of carbonyl (C=O) groups excluding carboxylic acids is 4. The van der Waals surface area contributed by atoms with Crippen LogP contribution in [0.3, 0.4) is 0 Å². The SMILES string of the molecule is CCCCCCCCCCCCCCCCCCCCCCCCC(C(=O)[O-])C(=O)SCCNC(=O)CCNC(=O)[C@H](O)C(C)(C)COP(=O)([O-])OP(=O)([O-])OC[C@H]1O[C@@H](n2cnc3c(N)ncnc32)[C@H](O)[C@@H]1OP(=O)([O-])[O-]. The van der Waals surface area contributed by atoms with Crippen LogP contribution in [0.25, 0.3) is 11.2 Å². The average molecular weight is 1190 g/mol. The number of nitrogens with zero attached hydrogens (tertiary/aromatic N) is 4. The molecule has 1 aliphatic heterocycles. The van der Waals surface area contributed by atoms with E-state index >= 15 is 0 Å². The Labute approximate surface area is 461 Å². The summed E-state index contributed by atoms with van der Waals surface area (Å²) in [5.74, 6) is -4.33. The molecule has 0 aromatic carbocycles. The van der Waals surface area contributed by atoms with Gasteiger partial charge in [-0.1, -0.05) is 174 Å². The highest BCUT2D eigenvalue weighted by Crippen LogP contribution is 2.56. The number of carboxylic acids is 1. The number of carbonyl (C=O) groups is 4. The first-order chi connectivity index (χ1) is 36.9. The lowest BCUT2D eigenvalue weighted by Crippen LogP contribution is -2.46. The number of hydrogen-bond acceptors (Lipinski definition) is 24. The minimum absolute atomic E-state index is 0.00325. The first-order valence-electron chi connectivity index (χ1n) is 27.1. The van der Waals surface area contributed by atoms with Crippen molar-refractivity contribution in [2.75, 3.05) is 37.8 Å². The molecule has 6 N–H and O–H groups in total. The number of aromatic nitrogens is 4. The van der Waals surface area contributed by atoms with E-state index in [-0.39, 0.29) is 48.7 Å². The van der Waals surface area contributed by atoms with E-state index in [1.165, 1.54) is 123 Å². The standard InChI is InChI=1S/C48H86N7O19P3S/c1-4-5-6-7-8-9-10-11-12-13-14-15-16-17-18-19-20-21-22-23-24-25-26-35(46(60)61)47(62)78-30-29-50-37(56)27-28-51-44(59)41(58)48(2,3)32-71-77(68,69)74-76(66,67)70-31-36-40(73-75(63,64)65)39(57)45(72-36)55-34-54-38-42(49)52-33-53-43(38)55/h33-36,39-41,45,57-58H,4-32H2,1-3H3,(H,50,56)(H,51,59)(H,60,61)(H,66,67)(H,68,69)(H2,49,52,53)(H2,63,64,65)/p-5/t35?,36-,39-,40-,41+,45-/m1/s1. The Bertz CT molecular complexity index is 2280. The van der Waals surface area contributed by atoms with Crippen molar-refractivity contribution in [1.29, 1.82) is 0 Å². The molecule has 2 amide bonds. The largest absolute Gasteiger partial charge is 0.790 e. The van der Waals surface area contributed by atoms with Crippen LogP contribution in [0.2, 0.25) is 0 Å². The lowest BCUT2D eigenvalue weighted by Gasteiger charge is -2.36. The number of ether oxygens (including phenoxy) is 1. The quantitative estimate of drug-likeness (QED) is 0.0360. The number of imidazole rings is 1. The van der Waals surface area contributed by atoms with Gasteiger partial charge >= 0.3 is 0 Å². The molecule has 0 aliphatic carbocycles. The third kappa shape index (κ3) is 26.7. The molecule has 78 heavy (non-hydrogen) atoms. The molecule has 3 unspecified atom stereocenters. The minimum atomic E-state index is -5.95. The van der Waals surface area contributed by atoms with Gasteiger partial charge in [0.25, 0.3) is 15.6 Å². The number of aliphatic carboxylic acids is 1. The van der Waals surface area contributed by atoms with Crippen LogP contribution in [0.15, 0.2) is 12.7 Å². The summed E-state index contributed by atoms with van der Waals surface area (Å²) in [5.41, 5.74) is 4.02. The van der Waals surface area contributed by atoms with Gasteiger partial charge in [0.1, 0.15) is 36.3 Å². The lowest BCUT2D eigenvalue weighted by molar-refractivity contribution is -0.347.